The zero-order valence-corrected chi connectivity index (χ0v) is 22.5. The lowest BCUT2D eigenvalue weighted by Crippen LogP contribution is -2.67. The molecule has 0 bridgehead atoms. The van der Waals surface area contributed by atoms with Crippen molar-refractivity contribution >= 4 is 24.7 Å². The molecule has 184 valence electrons. The molecule has 0 radical (unpaired) electrons. The van der Waals surface area contributed by atoms with Gasteiger partial charge in [0.15, 0.2) is 0 Å². The van der Waals surface area contributed by atoms with Gasteiger partial charge in [-0.25, -0.2) is 0 Å². The van der Waals surface area contributed by atoms with Crippen LogP contribution in [0.4, 0.5) is 0 Å². The van der Waals surface area contributed by atoms with E-state index in [4.69, 9.17) is 9.16 Å². The molecular weight excluding hydrogens is 436 g/mol. The second-order valence-electron chi connectivity index (χ2n) is 9.87. The molecule has 4 heteroatoms. The van der Waals surface area contributed by atoms with Crippen LogP contribution < -0.4 is 10.4 Å². The summed E-state index contributed by atoms with van der Waals surface area (Å²) in [7, 11) is -2.66. The van der Waals surface area contributed by atoms with E-state index in [0.717, 1.165) is 19.3 Å². The SMILES string of the molecule is C=CC[C@H](CCC)OC(=O)CCC[C@H](C=C)O[Si](c1ccccc1)(c1ccccc1)C(C)(C)C. The highest BCUT2D eigenvalue weighted by molar-refractivity contribution is 6.99. The Morgan fingerprint density at radius 3 is 1.97 bits per heavy atom. The molecule has 0 unspecified atom stereocenters. The first-order chi connectivity index (χ1) is 16.3. The third-order valence-electron chi connectivity index (χ3n) is 6.22. The Morgan fingerprint density at radius 1 is 0.971 bits per heavy atom. The Bertz CT molecular complexity index is 847. The van der Waals surface area contributed by atoms with Crippen LogP contribution in [0.2, 0.25) is 5.04 Å². The maximum atomic E-state index is 12.4. The van der Waals surface area contributed by atoms with E-state index in [1.54, 1.807) is 0 Å². The highest BCUT2D eigenvalue weighted by Crippen LogP contribution is 2.38. The van der Waals surface area contributed by atoms with E-state index in [2.05, 4.69) is 89.4 Å². The minimum absolute atomic E-state index is 0.0708. The van der Waals surface area contributed by atoms with E-state index >= 15 is 0 Å². The molecule has 34 heavy (non-hydrogen) atoms. The van der Waals surface area contributed by atoms with E-state index in [1.807, 2.05) is 24.3 Å². The molecule has 0 amide bonds. The van der Waals surface area contributed by atoms with Gasteiger partial charge in [-0.2, -0.15) is 0 Å². The van der Waals surface area contributed by atoms with E-state index < -0.39 is 8.32 Å². The van der Waals surface area contributed by atoms with Crippen molar-refractivity contribution in [2.24, 2.45) is 0 Å². The minimum Gasteiger partial charge on any atom is -0.462 e. The van der Waals surface area contributed by atoms with Crippen LogP contribution in [-0.2, 0) is 14.0 Å². The van der Waals surface area contributed by atoms with Crippen LogP contribution in [0, 0.1) is 0 Å². The summed E-state index contributed by atoms with van der Waals surface area (Å²) < 4.78 is 12.8. The summed E-state index contributed by atoms with van der Waals surface area (Å²) >= 11 is 0. The fourth-order valence-corrected chi connectivity index (χ4v) is 9.25. The third kappa shape index (κ3) is 7.28. The number of rotatable bonds is 14. The molecule has 2 aromatic carbocycles. The lowest BCUT2D eigenvalue weighted by molar-refractivity contribution is -0.149. The molecule has 0 saturated heterocycles. The van der Waals surface area contributed by atoms with E-state index in [-0.39, 0.29) is 23.2 Å². The molecule has 0 aromatic heterocycles. The molecule has 0 saturated carbocycles. The topological polar surface area (TPSA) is 35.5 Å². The average molecular weight is 479 g/mol. The van der Waals surface area contributed by atoms with Gasteiger partial charge in [0.05, 0.1) is 6.10 Å². The van der Waals surface area contributed by atoms with E-state index in [1.165, 1.54) is 10.4 Å². The first-order valence-electron chi connectivity index (χ1n) is 12.5. The predicted octanol–water partition coefficient (Wildman–Crippen LogP) is 6.58. The van der Waals surface area contributed by atoms with Crippen molar-refractivity contribution in [3.63, 3.8) is 0 Å². The zero-order valence-electron chi connectivity index (χ0n) is 21.5. The molecule has 2 rings (SSSR count). The van der Waals surface area contributed by atoms with Crippen molar-refractivity contribution in [1.82, 2.24) is 0 Å². The van der Waals surface area contributed by atoms with Gasteiger partial charge in [-0.1, -0.05) is 107 Å². The lowest BCUT2D eigenvalue weighted by Gasteiger charge is -2.44. The largest absolute Gasteiger partial charge is 0.462 e. The van der Waals surface area contributed by atoms with Gasteiger partial charge >= 0.3 is 5.97 Å². The molecular formula is C30H42O3Si. The van der Waals surface area contributed by atoms with E-state index in [0.29, 0.717) is 19.3 Å². The summed E-state index contributed by atoms with van der Waals surface area (Å²) in [5, 5.41) is 2.38. The predicted molar refractivity (Wildman–Crippen MR) is 146 cm³/mol. The van der Waals surface area contributed by atoms with Gasteiger partial charge in [0, 0.05) is 12.8 Å². The second kappa shape index (κ2) is 13.5. The van der Waals surface area contributed by atoms with Gasteiger partial charge in [-0.05, 0) is 34.7 Å². The van der Waals surface area contributed by atoms with Gasteiger partial charge in [-0.15, -0.1) is 13.2 Å². The summed E-state index contributed by atoms with van der Waals surface area (Å²) in [4.78, 5) is 12.4. The molecule has 0 aliphatic rings. The van der Waals surface area contributed by atoms with Crippen molar-refractivity contribution in [1.29, 1.82) is 0 Å². The Labute approximate surface area is 208 Å². The normalized spacial score (nSPS) is 13.6. The summed E-state index contributed by atoms with van der Waals surface area (Å²) in [6.45, 7) is 16.8. The smallest absolute Gasteiger partial charge is 0.306 e. The monoisotopic (exact) mass is 478 g/mol. The van der Waals surface area contributed by atoms with Crippen LogP contribution >= 0.6 is 0 Å². The summed E-state index contributed by atoms with van der Waals surface area (Å²) in [5.74, 6) is -0.145. The van der Waals surface area contributed by atoms with Gasteiger partial charge in [0.25, 0.3) is 8.32 Å². The highest BCUT2D eigenvalue weighted by Gasteiger charge is 2.51. The van der Waals surface area contributed by atoms with Crippen molar-refractivity contribution in [3.8, 4) is 0 Å². The Morgan fingerprint density at radius 2 is 1.53 bits per heavy atom. The van der Waals surface area contributed by atoms with Gasteiger partial charge in [0.2, 0.25) is 0 Å². The van der Waals surface area contributed by atoms with Crippen LogP contribution in [-0.4, -0.2) is 26.5 Å². The first-order valence-corrected chi connectivity index (χ1v) is 14.4. The highest BCUT2D eigenvalue weighted by atomic mass is 28.4. The van der Waals surface area contributed by atoms with Crippen LogP contribution in [0.25, 0.3) is 0 Å². The van der Waals surface area contributed by atoms with Crippen LogP contribution in [0.5, 0.6) is 0 Å². The maximum Gasteiger partial charge on any atom is 0.306 e. The number of benzene rings is 2. The van der Waals surface area contributed by atoms with Crippen LogP contribution in [0.1, 0.15) is 66.2 Å². The quantitative estimate of drug-likeness (QED) is 0.175. The fraction of sp³-hybridized carbons (Fsp3) is 0.433. The number of hydrogen-bond donors (Lipinski definition) is 0. The number of ether oxygens (including phenoxy) is 1. The molecule has 0 fully saturated rings. The van der Waals surface area contributed by atoms with Crippen molar-refractivity contribution in [3.05, 3.63) is 86.0 Å². The van der Waals surface area contributed by atoms with Crippen molar-refractivity contribution in [2.75, 3.05) is 0 Å². The second-order valence-corrected chi connectivity index (χ2v) is 14.1. The lowest BCUT2D eigenvalue weighted by atomic mass is 10.1. The maximum absolute atomic E-state index is 12.4. The number of esters is 1. The Kier molecular flexibility index (Phi) is 11.0. The minimum atomic E-state index is -2.66. The van der Waals surface area contributed by atoms with Crippen LogP contribution in [0.15, 0.2) is 86.0 Å². The molecule has 2 aromatic rings. The van der Waals surface area contributed by atoms with Crippen molar-refractivity contribution < 1.29 is 14.0 Å². The number of carbonyl (C=O) groups is 1. The molecule has 0 aliphatic carbocycles. The van der Waals surface area contributed by atoms with Gasteiger partial charge in [0.1, 0.15) is 6.10 Å². The Hall–Kier alpha value is -2.43. The summed E-state index contributed by atoms with van der Waals surface area (Å²) in [6.07, 6.45) is 7.83. The summed E-state index contributed by atoms with van der Waals surface area (Å²) in [6, 6.07) is 21.2. The molecule has 0 N–H and O–H groups in total. The molecule has 3 nitrogen and oxygen atoms in total. The standard InChI is InChI=1S/C30H42O3Si/c1-7-17-26(18-8-2)32-29(31)24-16-19-25(9-3)33-34(30(4,5)6,27-20-12-10-13-21-27)28-22-14-11-15-23-28/h7,9-15,20-23,25-26H,1,3,8,16-19,24H2,2,4-6H3/t25-,26+/m0/s1. The number of hydrogen-bond acceptors (Lipinski definition) is 3. The Balaban J connectivity index is 2.21. The zero-order chi connectivity index (χ0) is 25.0. The van der Waals surface area contributed by atoms with Gasteiger partial charge < -0.3 is 9.16 Å². The first kappa shape index (κ1) is 27.8. The van der Waals surface area contributed by atoms with E-state index in [9.17, 15) is 4.79 Å². The molecule has 0 spiro atoms. The fourth-order valence-electron chi connectivity index (χ4n) is 4.57. The van der Waals surface area contributed by atoms with Crippen LogP contribution in [0.3, 0.4) is 0 Å². The molecule has 0 aliphatic heterocycles. The number of carbonyl (C=O) groups excluding carboxylic acids is 1. The third-order valence-corrected chi connectivity index (χ3v) is 11.3. The van der Waals surface area contributed by atoms with Crippen molar-refractivity contribution in [2.45, 2.75) is 83.5 Å². The summed E-state index contributed by atoms with van der Waals surface area (Å²) in [5.41, 5.74) is 0. The molecule has 2 atom stereocenters. The average Bonchev–Trinajstić information content (AvgIpc) is 2.82. The van der Waals surface area contributed by atoms with Gasteiger partial charge in [-0.3, -0.25) is 4.79 Å². The molecule has 0 heterocycles.